The number of hydrogen-bond donors (Lipinski definition) is 3. The Kier molecular flexibility index (Phi) is 7.19. The molecule has 1 heterocycles. The van der Waals surface area contributed by atoms with Crippen LogP contribution in [0.5, 0.6) is 11.5 Å². The summed E-state index contributed by atoms with van der Waals surface area (Å²) < 4.78 is 34.7. The fraction of sp³-hybridized carbons (Fsp3) is 0.273. The van der Waals surface area contributed by atoms with Crippen molar-refractivity contribution in [3.8, 4) is 11.5 Å². The van der Waals surface area contributed by atoms with Crippen LogP contribution < -0.4 is 14.8 Å². The van der Waals surface area contributed by atoms with Gasteiger partial charge in [0, 0.05) is 12.2 Å². The van der Waals surface area contributed by atoms with Crippen LogP contribution >= 0.6 is 11.6 Å². The fourth-order valence-corrected chi connectivity index (χ4v) is 4.53. The van der Waals surface area contributed by atoms with Crippen LogP contribution in [-0.4, -0.2) is 36.3 Å². The van der Waals surface area contributed by atoms with Gasteiger partial charge in [0.25, 0.3) is 15.9 Å². The van der Waals surface area contributed by atoms with Crippen LogP contribution in [0.3, 0.4) is 0 Å². The highest BCUT2D eigenvalue weighted by Crippen LogP contribution is 2.30. The van der Waals surface area contributed by atoms with Gasteiger partial charge in [0.05, 0.1) is 29.0 Å². The first-order chi connectivity index (χ1) is 15.5. The molecule has 0 aliphatic rings. The lowest BCUT2D eigenvalue weighted by Crippen LogP contribution is -2.16. The maximum Gasteiger partial charge on any atom is 0.261 e. The summed E-state index contributed by atoms with van der Waals surface area (Å²) in [5.74, 6) is -0.0596. The number of phenolic OH excluding ortho intramolecular Hbond substituents is 1. The van der Waals surface area contributed by atoms with Gasteiger partial charge in [-0.05, 0) is 55.3 Å². The lowest BCUT2D eigenvalue weighted by Gasteiger charge is -2.12. The van der Waals surface area contributed by atoms with E-state index in [4.69, 9.17) is 16.3 Å². The third kappa shape index (κ3) is 5.58. The molecule has 2 aromatic carbocycles. The molecular weight excluding hydrogens is 468 g/mol. The second kappa shape index (κ2) is 9.72. The molecule has 0 aliphatic heterocycles. The molecule has 0 saturated heterocycles. The lowest BCUT2D eigenvalue weighted by atomic mass is 10.2. The fourth-order valence-electron chi connectivity index (χ4n) is 3.12. The second-order valence-electron chi connectivity index (χ2n) is 7.79. The van der Waals surface area contributed by atoms with Crippen LogP contribution in [0.1, 0.15) is 29.9 Å². The minimum absolute atomic E-state index is 0.0790. The Morgan fingerprint density at radius 3 is 2.48 bits per heavy atom. The first-order valence-corrected chi connectivity index (χ1v) is 11.9. The van der Waals surface area contributed by atoms with Gasteiger partial charge in [-0.1, -0.05) is 25.4 Å². The van der Waals surface area contributed by atoms with Crippen molar-refractivity contribution in [2.24, 2.45) is 5.92 Å². The summed E-state index contributed by atoms with van der Waals surface area (Å²) in [6.07, 6.45) is 0. The van der Waals surface area contributed by atoms with Crippen LogP contribution in [0.25, 0.3) is 0 Å². The number of carbonyl (C=O) groups is 1. The summed E-state index contributed by atoms with van der Waals surface area (Å²) in [5.41, 5.74) is 0.822. The molecule has 0 bridgehead atoms. The molecule has 0 unspecified atom stereocenters. The van der Waals surface area contributed by atoms with Crippen LogP contribution in [0.2, 0.25) is 5.15 Å². The van der Waals surface area contributed by atoms with Gasteiger partial charge in [-0.2, -0.15) is 5.10 Å². The molecule has 0 aliphatic carbocycles. The Balaban J connectivity index is 1.85. The van der Waals surface area contributed by atoms with Gasteiger partial charge in [0.15, 0.2) is 0 Å². The second-order valence-corrected chi connectivity index (χ2v) is 9.83. The quantitative estimate of drug-likeness (QED) is 0.403. The number of sulfonamides is 1. The molecule has 176 valence electrons. The summed E-state index contributed by atoms with van der Waals surface area (Å²) in [6.45, 7) is 6.17. The number of halogens is 1. The van der Waals surface area contributed by atoms with Gasteiger partial charge in [-0.15, -0.1) is 0 Å². The highest BCUT2D eigenvalue weighted by Gasteiger charge is 2.23. The van der Waals surface area contributed by atoms with Gasteiger partial charge < -0.3 is 15.2 Å². The van der Waals surface area contributed by atoms with E-state index in [-0.39, 0.29) is 33.0 Å². The van der Waals surface area contributed by atoms with Crippen molar-refractivity contribution in [2.75, 3.05) is 17.1 Å². The number of nitrogens with one attached hydrogen (secondary N) is 2. The van der Waals surface area contributed by atoms with Crippen LogP contribution in [0, 0.1) is 12.8 Å². The van der Waals surface area contributed by atoms with Crippen molar-refractivity contribution in [3.05, 3.63) is 58.9 Å². The number of phenols is 1. The van der Waals surface area contributed by atoms with Crippen LogP contribution in [-0.2, 0) is 16.6 Å². The number of aromatic nitrogens is 2. The normalized spacial score (nSPS) is 11.5. The topological polar surface area (TPSA) is 123 Å². The molecule has 9 nitrogen and oxygen atoms in total. The van der Waals surface area contributed by atoms with E-state index in [1.165, 1.54) is 30.0 Å². The van der Waals surface area contributed by atoms with Crippen LogP contribution in [0.4, 0.5) is 11.4 Å². The molecule has 3 aromatic rings. The predicted molar refractivity (Wildman–Crippen MR) is 127 cm³/mol. The first-order valence-electron chi connectivity index (χ1n) is 10.1. The largest absolute Gasteiger partial charge is 0.506 e. The summed E-state index contributed by atoms with van der Waals surface area (Å²) >= 11 is 6.35. The zero-order valence-corrected chi connectivity index (χ0v) is 20.2. The highest BCUT2D eigenvalue weighted by molar-refractivity contribution is 7.92. The monoisotopic (exact) mass is 492 g/mol. The maximum atomic E-state index is 12.9. The molecule has 33 heavy (non-hydrogen) atoms. The molecule has 3 N–H and O–H groups in total. The average molecular weight is 493 g/mol. The van der Waals surface area contributed by atoms with Crippen molar-refractivity contribution in [3.63, 3.8) is 0 Å². The Bertz CT molecular complexity index is 1270. The minimum Gasteiger partial charge on any atom is -0.506 e. The van der Waals surface area contributed by atoms with E-state index < -0.39 is 15.9 Å². The van der Waals surface area contributed by atoms with Gasteiger partial charge in [0.2, 0.25) is 0 Å². The van der Waals surface area contributed by atoms with E-state index in [0.717, 1.165) is 0 Å². The number of amides is 1. The third-order valence-electron chi connectivity index (χ3n) is 4.70. The van der Waals surface area contributed by atoms with E-state index >= 15 is 0 Å². The number of aryl methyl sites for hydroxylation is 1. The smallest absolute Gasteiger partial charge is 0.261 e. The molecule has 3 rings (SSSR count). The van der Waals surface area contributed by atoms with Crippen molar-refractivity contribution < 1.29 is 23.1 Å². The van der Waals surface area contributed by atoms with Crippen molar-refractivity contribution >= 4 is 38.9 Å². The van der Waals surface area contributed by atoms with Gasteiger partial charge in [-0.25, -0.2) is 8.42 Å². The van der Waals surface area contributed by atoms with Gasteiger partial charge >= 0.3 is 0 Å². The van der Waals surface area contributed by atoms with E-state index in [1.54, 1.807) is 31.2 Å². The maximum absolute atomic E-state index is 12.9. The SMILES string of the molecule is COc1ccc(NS(=O)(=O)c2ccc(O)c(NC(=O)c3c(C)nn(CC(C)C)c3Cl)c2)cc1. The van der Waals surface area contributed by atoms with Gasteiger partial charge in [0.1, 0.15) is 16.7 Å². The first kappa shape index (κ1) is 24.4. The summed E-state index contributed by atoms with van der Waals surface area (Å²) in [5, 5.41) is 17.2. The molecule has 0 saturated carbocycles. The standard InChI is InChI=1S/C22H25ClN4O5S/c1-13(2)12-27-21(23)20(14(3)25-27)22(29)24-18-11-17(9-10-19(18)28)33(30,31)26-15-5-7-16(32-4)8-6-15/h5-11,13,26,28H,12H2,1-4H3,(H,24,29). The zero-order valence-electron chi connectivity index (χ0n) is 18.6. The summed E-state index contributed by atoms with van der Waals surface area (Å²) in [6, 6.07) is 9.93. The molecule has 1 aromatic heterocycles. The van der Waals surface area contributed by atoms with E-state index in [2.05, 4.69) is 15.1 Å². The van der Waals surface area contributed by atoms with E-state index in [0.29, 0.717) is 23.7 Å². The van der Waals surface area contributed by atoms with Gasteiger partial charge in [-0.3, -0.25) is 14.2 Å². The number of carbonyl (C=O) groups excluding carboxylic acids is 1. The number of benzene rings is 2. The predicted octanol–water partition coefficient (Wildman–Crippen LogP) is 4.27. The molecule has 0 fully saturated rings. The summed E-state index contributed by atoms with van der Waals surface area (Å²) in [7, 11) is -2.48. The van der Waals surface area contributed by atoms with Crippen molar-refractivity contribution in [2.45, 2.75) is 32.2 Å². The van der Waals surface area contributed by atoms with Crippen molar-refractivity contribution in [1.82, 2.24) is 9.78 Å². The molecule has 1 amide bonds. The van der Waals surface area contributed by atoms with E-state index in [9.17, 15) is 18.3 Å². The number of anilines is 2. The van der Waals surface area contributed by atoms with Crippen molar-refractivity contribution in [1.29, 1.82) is 0 Å². The number of aromatic hydroxyl groups is 1. The lowest BCUT2D eigenvalue weighted by molar-refractivity contribution is 0.102. The average Bonchev–Trinajstić information content (AvgIpc) is 3.02. The zero-order chi connectivity index (χ0) is 24.3. The Morgan fingerprint density at radius 2 is 1.88 bits per heavy atom. The number of methoxy groups -OCH3 is 1. The van der Waals surface area contributed by atoms with Crippen LogP contribution in [0.15, 0.2) is 47.4 Å². The summed E-state index contributed by atoms with van der Waals surface area (Å²) in [4.78, 5) is 12.7. The molecular formula is C22H25ClN4O5S. The number of ether oxygens (including phenoxy) is 1. The Morgan fingerprint density at radius 1 is 1.21 bits per heavy atom. The van der Waals surface area contributed by atoms with E-state index in [1.807, 2.05) is 13.8 Å². The third-order valence-corrected chi connectivity index (χ3v) is 6.46. The number of hydrogen-bond acceptors (Lipinski definition) is 6. The Labute approximate surface area is 197 Å². The Hall–Kier alpha value is -3.24. The molecule has 0 atom stereocenters. The minimum atomic E-state index is -3.99. The molecule has 0 spiro atoms. The number of nitrogens with zero attached hydrogens (tertiary/aromatic N) is 2. The number of rotatable bonds is 8. The molecule has 0 radical (unpaired) electrons. The highest BCUT2D eigenvalue weighted by atomic mass is 35.5. The molecule has 11 heteroatoms.